The van der Waals surface area contributed by atoms with Gasteiger partial charge in [0.1, 0.15) is 5.75 Å². The Bertz CT molecular complexity index is 1040. The highest BCUT2D eigenvalue weighted by molar-refractivity contribution is 7.89. The van der Waals surface area contributed by atoms with Gasteiger partial charge in [-0.15, -0.1) is 29.2 Å². The van der Waals surface area contributed by atoms with Gasteiger partial charge in [-0.1, -0.05) is 29.8 Å². The first-order valence-electron chi connectivity index (χ1n) is 9.03. The number of nitrogens with one attached hydrogen (secondary N) is 1. The van der Waals surface area contributed by atoms with Gasteiger partial charge in [0.25, 0.3) is 0 Å². The Morgan fingerprint density at radius 1 is 1.19 bits per heavy atom. The number of aliphatic carboxylic acids is 1. The SMILES string of the molecule is Cc1ccc([S+]([O-])NC(CC(=O)O)c2ccc(-c3cccc(OC(F)(F)F)c3)s2)cc1. The molecule has 0 saturated carbocycles. The zero-order valence-corrected chi connectivity index (χ0v) is 17.8. The molecule has 2 unspecified atom stereocenters. The lowest BCUT2D eigenvalue weighted by Gasteiger charge is -2.17. The molecular formula is C21H18F3NO4S2. The molecule has 2 atom stereocenters. The molecule has 3 rings (SSSR count). The number of alkyl halides is 3. The molecule has 31 heavy (non-hydrogen) atoms. The summed E-state index contributed by atoms with van der Waals surface area (Å²) in [5.74, 6) is -1.42. The smallest absolute Gasteiger partial charge is 0.573 e. The predicted molar refractivity (Wildman–Crippen MR) is 112 cm³/mol. The average molecular weight is 470 g/mol. The van der Waals surface area contributed by atoms with E-state index in [2.05, 4.69) is 9.46 Å². The fourth-order valence-corrected chi connectivity index (χ4v) is 4.89. The first kappa shape index (κ1) is 23.1. The summed E-state index contributed by atoms with van der Waals surface area (Å²) in [5.41, 5.74) is 1.49. The fourth-order valence-electron chi connectivity index (χ4n) is 2.78. The van der Waals surface area contributed by atoms with Crippen LogP contribution in [-0.2, 0) is 16.2 Å². The second-order valence-electron chi connectivity index (χ2n) is 6.63. The van der Waals surface area contributed by atoms with Crippen LogP contribution in [0, 0.1) is 6.92 Å². The van der Waals surface area contributed by atoms with Gasteiger partial charge in [0, 0.05) is 9.75 Å². The second kappa shape index (κ2) is 9.73. The summed E-state index contributed by atoms with van der Waals surface area (Å²) in [6.45, 7) is 1.90. The highest BCUT2D eigenvalue weighted by atomic mass is 32.2. The van der Waals surface area contributed by atoms with Gasteiger partial charge in [0.05, 0.1) is 23.8 Å². The third kappa shape index (κ3) is 6.73. The quantitative estimate of drug-likeness (QED) is 0.429. The molecule has 1 aromatic heterocycles. The van der Waals surface area contributed by atoms with Crippen LogP contribution >= 0.6 is 11.3 Å². The van der Waals surface area contributed by atoms with E-state index in [-0.39, 0.29) is 12.2 Å². The number of halogens is 3. The van der Waals surface area contributed by atoms with Crippen LogP contribution < -0.4 is 9.46 Å². The maximum Gasteiger partial charge on any atom is 0.573 e. The molecule has 10 heteroatoms. The summed E-state index contributed by atoms with van der Waals surface area (Å²) in [6, 6.07) is 15.1. The number of benzene rings is 2. The van der Waals surface area contributed by atoms with Crippen molar-refractivity contribution in [3.05, 3.63) is 71.1 Å². The van der Waals surface area contributed by atoms with Gasteiger partial charge in [-0.3, -0.25) is 4.79 Å². The van der Waals surface area contributed by atoms with Crippen LogP contribution in [0.2, 0.25) is 0 Å². The lowest BCUT2D eigenvalue weighted by atomic mass is 10.1. The molecule has 5 nitrogen and oxygen atoms in total. The zero-order chi connectivity index (χ0) is 22.6. The summed E-state index contributed by atoms with van der Waals surface area (Å²) in [7, 11) is 0. The van der Waals surface area contributed by atoms with Crippen LogP contribution in [-0.4, -0.2) is 22.0 Å². The van der Waals surface area contributed by atoms with Crippen molar-refractivity contribution in [1.82, 2.24) is 4.72 Å². The number of thiophene rings is 1. The van der Waals surface area contributed by atoms with Gasteiger partial charge in [-0.2, -0.15) is 0 Å². The number of hydrogen-bond acceptors (Lipinski definition) is 5. The third-order valence-electron chi connectivity index (χ3n) is 4.19. The number of carbonyl (C=O) groups is 1. The summed E-state index contributed by atoms with van der Waals surface area (Å²) >= 11 is -0.435. The van der Waals surface area contributed by atoms with E-state index in [0.717, 1.165) is 5.56 Å². The van der Waals surface area contributed by atoms with E-state index >= 15 is 0 Å². The van der Waals surface area contributed by atoms with Crippen LogP contribution in [0.15, 0.2) is 65.6 Å². The summed E-state index contributed by atoms with van der Waals surface area (Å²) in [5, 5.41) is 9.28. The van der Waals surface area contributed by atoms with Crippen molar-refractivity contribution < 1.29 is 32.4 Å². The number of hydrogen-bond donors (Lipinski definition) is 2. The van der Waals surface area contributed by atoms with Gasteiger partial charge in [-0.25, -0.2) is 0 Å². The molecule has 0 spiro atoms. The molecule has 2 N–H and O–H groups in total. The average Bonchev–Trinajstić information content (AvgIpc) is 3.17. The van der Waals surface area contributed by atoms with E-state index in [0.29, 0.717) is 20.2 Å². The van der Waals surface area contributed by atoms with Crippen molar-refractivity contribution in [2.45, 2.75) is 30.6 Å². The van der Waals surface area contributed by atoms with Crippen molar-refractivity contribution in [3.63, 3.8) is 0 Å². The Hall–Kier alpha value is -2.53. The van der Waals surface area contributed by atoms with Crippen molar-refractivity contribution in [2.24, 2.45) is 0 Å². The molecule has 0 aliphatic rings. The largest absolute Gasteiger partial charge is 0.593 e. The Kier molecular flexibility index (Phi) is 7.26. The number of carboxylic acid groups (broad SMARTS) is 1. The van der Waals surface area contributed by atoms with E-state index in [1.54, 1.807) is 42.5 Å². The van der Waals surface area contributed by atoms with Gasteiger partial charge < -0.3 is 14.4 Å². The third-order valence-corrected chi connectivity index (χ3v) is 6.63. The molecule has 3 aromatic rings. The number of rotatable bonds is 8. The van der Waals surface area contributed by atoms with E-state index in [4.69, 9.17) is 0 Å². The minimum absolute atomic E-state index is 0.311. The van der Waals surface area contributed by atoms with Crippen LogP contribution in [0.1, 0.15) is 22.9 Å². The van der Waals surface area contributed by atoms with Gasteiger partial charge >= 0.3 is 12.3 Å². The summed E-state index contributed by atoms with van der Waals surface area (Å²) in [6.07, 6.45) is -5.11. The monoisotopic (exact) mass is 469 g/mol. The molecule has 0 radical (unpaired) electrons. The topological polar surface area (TPSA) is 81.6 Å². The molecule has 1 heterocycles. The molecule has 0 bridgehead atoms. The van der Waals surface area contributed by atoms with Crippen molar-refractivity contribution >= 4 is 28.7 Å². The molecule has 164 valence electrons. The van der Waals surface area contributed by atoms with Gasteiger partial charge in [-0.05, 0) is 48.9 Å². The van der Waals surface area contributed by atoms with E-state index < -0.39 is 29.7 Å². The lowest BCUT2D eigenvalue weighted by molar-refractivity contribution is -0.274. The minimum Gasteiger partial charge on any atom is -0.593 e. The summed E-state index contributed by atoms with van der Waals surface area (Å²) < 4.78 is 56.9. The molecule has 0 fully saturated rings. The Balaban J connectivity index is 1.81. The lowest BCUT2D eigenvalue weighted by Crippen LogP contribution is -2.29. The first-order valence-corrected chi connectivity index (χ1v) is 11.0. The van der Waals surface area contributed by atoms with Crippen molar-refractivity contribution in [1.29, 1.82) is 0 Å². The predicted octanol–water partition coefficient (Wildman–Crippen LogP) is 5.45. The van der Waals surface area contributed by atoms with Crippen molar-refractivity contribution in [3.8, 4) is 16.2 Å². The van der Waals surface area contributed by atoms with Gasteiger partial charge in [0.15, 0.2) is 4.90 Å². The van der Waals surface area contributed by atoms with Gasteiger partial charge in [0.2, 0.25) is 0 Å². The van der Waals surface area contributed by atoms with Crippen molar-refractivity contribution in [2.75, 3.05) is 0 Å². The van der Waals surface area contributed by atoms with Crippen LogP contribution in [0.4, 0.5) is 13.2 Å². The molecular weight excluding hydrogens is 451 g/mol. The van der Waals surface area contributed by atoms with Crippen LogP contribution in [0.5, 0.6) is 5.75 Å². The highest BCUT2D eigenvalue weighted by Gasteiger charge is 2.31. The van der Waals surface area contributed by atoms with E-state index in [1.165, 1.54) is 29.5 Å². The standard InChI is InChI=1S/C21H18F3NO4S2/c1-13-5-7-16(8-6-13)31(28)25-17(12-20(26)27)19-10-9-18(30-19)14-3-2-4-15(11-14)29-21(22,23)24/h2-11,17,25H,12H2,1H3,(H,26,27). The molecule has 2 aromatic carbocycles. The fraction of sp³-hybridized carbons (Fsp3) is 0.190. The Morgan fingerprint density at radius 2 is 1.90 bits per heavy atom. The normalized spacial score (nSPS) is 13.6. The molecule has 0 amide bonds. The minimum atomic E-state index is -4.80. The molecule has 0 aliphatic carbocycles. The number of aryl methyl sites for hydroxylation is 1. The number of carboxylic acids is 1. The highest BCUT2D eigenvalue weighted by Crippen LogP contribution is 2.35. The van der Waals surface area contributed by atoms with Crippen LogP contribution in [0.3, 0.4) is 0 Å². The maximum absolute atomic E-state index is 12.7. The van der Waals surface area contributed by atoms with Crippen LogP contribution in [0.25, 0.3) is 10.4 Å². The van der Waals surface area contributed by atoms with E-state index in [9.17, 15) is 27.6 Å². The first-order chi connectivity index (χ1) is 14.6. The van der Waals surface area contributed by atoms with E-state index in [1.807, 2.05) is 6.92 Å². The number of ether oxygens (including phenoxy) is 1. The maximum atomic E-state index is 12.7. The summed E-state index contributed by atoms with van der Waals surface area (Å²) in [4.78, 5) is 13.1. The second-order valence-corrected chi connectivity index (χ2v) is 8.99. The molecule has 0 aliphatic heterocycles. The Labute approximate surface area is 183 Å². The zero-order valence-electron chi connectivity index (χ0n) is 16.2. The Morgan fingerprint density at radius 3 is 2.55 bits per heavy atom. The molecule has 0 saturated heterocycles.